The molecule has 0 radical (unpaired) electrons. The van der Waals surface area contributed by atoms with E-state index in [4.69, 9.17) is 0 Å². The zero-order chi connectivity index (χ0) is 8.55. The summed E-state index contributed by atoms with van der Waals surface area (Å²) in [5.74, 6) is 0.987. The minimum Gasteiger partial charge on any atom is -0.352 e. The van der Waals surface area contributed by atoms with E-state index in [1.165, 1.54) is 0 Å². The van der Waals surface area contributed by atoms with E-state index in [1.54, 1.807) is 0 Å². The zero-order valence-corrected chi connectivity index (χ0v) is 7.67. The molecule has 2 aliphatic heterocycles. The normalized spacial score (nSPS) is 30.8. The van der Waals surface area contributed by atoms with Crippen molar-refractivity contribution >= 4 is 5.96 Å². The highest BCUT2D eigenvalue weighted by Gasteiger charge is 2.25. The van der Waals surface area contributed by atoms with Gasteiger partial charge in [0.15, 0.2) is 5.96 Å². The van der Waals surface area contributed by atoms with E-state index in [2.05, 4.69) is 34.5 Å². The molecule has 12 heavy (non-hydrogen) atoms. The lowest BCUT2D eigenvalue weighted by Gasteiger charge is -2.37. The van der Waals surface area contributed by atoms with Crippen molar-refractivity contribution in [3.8, 4) is 0 Å². The number of aliphatic imine (C=N–C) groups is 1. The summed E-state index contributed by atoms with van der Waals surface area (Å²) in [6.45, 7) is 5.32. The molecule has 4 nitrogen and oxygen atoms in total. The average molecular weight is 168 g/mol. The predicted octanol–water partition coefficient (Wildman–Crippen LogP) is -0.762. The molecular weight excluding hydrogens is 152 g/mol. The van der Waals surface area contributed by atoms with E-state index in [0.29, 0.717) is 12.1 Å². The molecule has 0 aromatic heterocycles. The molecule has 2 rings (SSSR count). The molecule has 0 bridgehead atoms. The van der Waals surface area contributed by atoms with Gasteiger partial charge in [-0.25, -0.2) is 0 Å². The molecule has 1 saturated heterocycles. The summed E-state index contributed by atoms with van der Waals surface area (Å²) < 4.78 is 0. The van der Waals surface area contributed by atoms with Crippen molar-refractivity contribution in [3.63, 3.8) is 0 Å². The van der Waals surface area contributed by atoms with E-state index in [1.807, 2.05) is 0 Å². The number of likely N-dealkylation sites (tertiary alicyclic amines) is 1. The molecule has 0 saturated carbocycles. The van der Waals surface area contributed by atoms with Crippen molar-refractivity contribution in [1.29, 1.82) is 0 Å². The van der Waals surface area contributed by atoms with Crippen LogP contribution in [-0.4, -0.2) is 49.6 Å². The Hall–Kier alpha value is -0.770. The lowest BCUT2D eigenvalue weighted by atomic mass is 10.1. The second kappa shape index (κ2) is 2.94. The Kier molecular flexibility index (Phi) is 1.92. The van der Waals surface area contributed by atoms with Crippen LogP contribution < -0.4 is 10.6 Å². The summed E-state index contributed by atoms with van der Waals surface area (Å²) in [5, 5.41) is 6.66. The van der Waals surface area contributed by atoms with Crippen LogP contribution in [0.5, 0.6) is 0 Å². The number of likely N-dealkylation sites (N-methyl/N-ethyl adjacent to an activating group) is 1. The number of hydrogen-bond donors (Lipinski definition) is 2. The molecule has 4 heteroatoms. The average Bonchev–Trinajstić information content (AvgIpc) is 2.33. The predicted molar refractivity (Wildman–Crippen MR) is 49.3 cm³/mol. The van der Waals surface area contributed by atoms with Crippen molar-refractivity contribution in [2.45, 2.75) is 19.0 Å². The molecule has 0 spiro atoms. The number of nitrogens with zero attached hydrogens (tertiary/aromatic N) is 2. The first-order valence-corrected chi connectivity index (χ1v) is 4.50. The van der Waals surface area contributed by atoms with E-state index in [0.717, 1.165) is 25.6 Å². The van der Waals surface area contributed by atoms with Crippen molar-refractivity contribution in [1.82, 2.24) is 15.5 Å². The Bertz CT molecular complexity index is 195. The van der Waals surface area contributed by atoms with Crippen LogP contribution in [0, 0.1) is 0 Å². The molecule has 2 aliphatic rings. The first kappa shape index (κ1) is 7.86. The zero-order valence-electron chi connectivity index (χ0n) is 7.67. The van der Waals surface area contributed by atoms with Crippen LogP contribution in [0.3, 0.4) is 0 Å². The first-order valence-electron chi connectivity index (χ1n) is 4.50. The smallest absolute Gasteiger partial charge is 0.191 e. The second-order valence-corrected chi connectivity index (χ2v) is 3.80. The van der Waals surface area contributed by atoms with E-state index >= 15 is 0 Å². The van der Waals surface area contributed by atoms with Crippen LogP contribution in [-0.2, 0) is 0 Å². The summed E-state index contributed by atoms with van der Waals surface area (Å²) in [7, 11) is 2.13. The summed E-state index contributed by atoms with van der Waals surface area (Å²) in [4.78, 5) is 6.63. The molecule has 1 unspecified atom stereocenters. The van der Waals surface area contributed by atoms with E-state index in [9.17, 15) is 0 Å². The molecule has 0 aromatic carbocycles. The second-order valence-electron chi connectivity index (χ2n) is 3.80. The minimum absolute atomic E-state index is 0.505. The SMILES string of the molecule is CC1CN=C(NC2CN(C)C2)N1. The summed E-state index contributed by atoms with van der Waals surface area (Å²) in [6.07, 6.45) is 0. The van der Waals surface area contributed by atoms with Crippen LogP contribution in [0.15, 0.2) is 4.99 Å². The Labute approximate surface area is 73.0 Å². The Morgan fingerprint density at radius 2 is 2.33 bits per heavy atom. The van der Waals surface area contributed by atoms with Crippen molar-refractivity contribution in [2.24, 2.45) is 4.99 Å². The summed E-state index contributed by atoms with van der Waals surface area (Å²) in [6, 6.07) is 1.11. The monoisotopic (exact) mass is 168 g/mol. The molecule has 0 aromatic rings. The van der Waals surface area contributed by atoms with Crippen molar-refractivity contribution in [2.75, 3.05) is 26.7 Å². The minimum atomic E-state index is 0.505. The summed E-state index contributed by atoms with van der Waals surface area (Å²) >= 11 is 0. The first-order chi connectivity index (χ1) is 5.74. The molecule has 1 fully saturated rings. The maximum atomic E-state index is 4.34. The van der Waals surface area contributed by atoms with Crippen LogP contribution in [0.25, 0.3) is 0 Å². The highest BCUT2D eigenvalue weighted by molar-refractivity contribution is 5.82. The molecule has 0 aliphatic carbocycles. The fourth-order valence-electron chi connectivity index (χ4n) is 1.62. The molecule has 1 atom stereocenters. The molecular formula is C8H16N4. The quantitative estimate of drug-likeness (QED) is 0.540. The lowest BCUT2D eigenvalue weighted by molar-refractivity contribution is 0.177. The fraction of sp³-hybridized carbons (Fsp3) is 0.875. The number of nitrogens with one attached hydrogen (secondary N) is 2. The van der Waals surface area contributed by atoms with Gasteiger partial charge in [0.1, 0.15) is 0 Å². The van der Waals surface area contributed by atoms with Gasteiger partial charge < -0.3 is 15.5 Å². The van der Waals surface area contributed by atoms with Crippen LogP contribution >= 0.6 is 0 Å². The van der Waals surface area contributed by atoms with Gasteiger partial charge in [0.25, 0.3) is 0 Å². The maximum absolute atomic E-state index is 4.34. The third-order valence-electron chi connectivity index (χ3n) is 2.31. The van der Waals surface area contributed by atoms with Gasteiger partial charge in [-0.15, -0.1) is 0 Å². The molecule has 68 valence electrons. The number of guanidine groups is 1. The van der Waals surface area contributed by atoms with Gasteiger partial charge in [-0.3, -0.25) is 4.99 Å². The topological polar surface area (TPSA) is 39.7 Å². The van der Waals surface area contributed by atoms with Crippen LogP contribution in [0.4, 0.5) is 0 Å². The number of hydrogen-bond acceptors (Lipinski definition) is 4. The van der Waals surface area contributed by atoms with Gasteiger partial charge in [-0.1, -0.05) is 0 Å². The Morgan fingerprint density at radius 1 is 1.58 bits per heavy atom. The molecule has 2 N–H and O–H groups in total. The van der Waals surface area contributed by atoms with Crippen molar-refractivity contribution in [3.05, 3.63) is 0 Å². The highest BCUT2D eigenvalue weighted by Crippen LogP contribution is 2.04. The summed E-state index contributed by atoms with van der Waals surface area (Å²) in [5.41, 5.74) is 0. The Morgan fingerprint density at radius 3 is 2.83 bits per heavy atom. The van der Waals surface area contributed by atoms with E-state index < -0.39 is 0 Å². The fourth-order valence-corrected chi connectivity index (χ4v) is 1.62. The van der Waals surface area contributed by atoms with Gasteiger partial charge >= 0.3 is 0 Å². The Balaban J connectivity index is 1.74. The lowest BCUT2D eigenvalue weighted by Crippen LogP contribution is -2.59. The maximum Gasteiger partial charge on any atom is 0.191 e. The third kappa shape index (κ3) is 1.53. The highest BCUT2D eigenvalue weighted by atomic mass is 15.3. The third-order valence-corrected chi connectivity index (χ3v) is 2.31. The number of rotatable bonds is 1. The van der Waals surface area contributed by atoms with Gasteiger partial charge in [0, 0.05) is 19.1 Å². The van der Waals surface area contributed by atoms with Gasteiger partial charge in [0.05, 0.1) is 12.6 Å². The van der Waals surface area contributed by atoms with Crippen LogP contribution in [0.2, 0.25) is 0 Å². The largest absolute Gasteiger partial charge is 0.352 e. The van der Waals surface area contributed by atoms with Gasteiger partial charge in [-0.05, 0) is 14.0 Å². The molecule has 2 heterocycles. The van der Waals surface area contributed by atoms with Gasteiger partial charge in [-0.2, -0.15) is 0 Å². The van der Waals surface area contributed by atoms with Crippen LogP contribution in [0.1, 0.15) is 6.92 Å². The van der Waals surface area contributed by atoms with Crippen molar-refractivity contribution < 1.29 is 0 Å². The standard InChI is InChI=1S/C8H16N4/c1-6-3-9-8(10-6)11-7-4-12(2)5-7/h6-7H,3-5H2,1-2H3,(H2,9,10,11). The van der Waals surface area contributed by atoms with Gasteiger partial charge in [0.2, 0.25) is 0 Å². The molecule has 0 amide bonds. The van der Waals surface area contributed by atoms with E-state index in [-0.39, 0.29) is 0 Å².